The Morgan fingerprint density at radius 1 is 1.56 bits per heavy atom. The highest BCUT2D eigenvalue weighted by Gasteiger charge is 2.26. The molecule has 2 heterocycles. The summed E-state index contributed by atoms with van der Waals surface area (Å²) >= 11 is 8.04. The van der Waals surface area contributed by atoms with E-state index < -0.39 is 0 Å². The summed E-state index contributed by atoms with van der Waals surface area (Å²) in [5.74, 6) is 2.26. The largest absolute Gasteiger partial charge is 0.321 e. The minimum absolute atomic E-state index is 0.606. The van der Waals surface area contributed by atoms with Crippen LogP contribution < -0.4 is 0 Å². The third-order valence-corrected chi connectivity index (χ3v) is 5.08. The first-order valence-corrected chi connectivity index (χ1v) is 7.04. The van der Waals surface area contributed by atoms with Gasteiger partial charge in [-0.1, -0.05) is 18.5 Å². The van der Waals surface area contributed by atoms with Gasteiger partial charge >= 0.3 is 0 Å². The molecular weight excluding hydrogens is 242 g/mol. The van der Waals surface area contributed by atoms with Crippen molar-refractivity contribution in [2.45, 2.75) is 31.7 Å². The van der Waals surface area contributed by atoms with Crippen LogP contribution in [0.1, 0.15) is 19.7 Å². The van der Waals surface area contributed by atoms with E-state index in [2.05, 4.69) is 35.5 Å². The highest BCUT2D eigenvalue weighted by molar-refractivity contribution is 8.00. The summed E-state index contributed by atoms with van der Waals surface area (Å²) in [5, 5.41) is 1.41. The van der Waals surface area contributed by atoms with Crippen LogP contribution in [0, 0.1) is 0 Å². The molecule has 1 saturated heterocycles. The molecule has 0 N–H and O–H groups in total. The lowest BCUT2D eigenvalue weighted by Gasteiger charge is -2.37. The Kier molecular flexibility index (Phi) is 3.82. The molecule has 1 aliphatic heterocycles. The standard InChI is InChI=1S/C11H18ClN3S/c1-8-9(2)16-5-4-15(8)7-11-13-6-10(12)14(11)3/h6,8-9H,4-5,7H2,1-3H3. The second kappa shape index (κ2) is 4.98. The second-order valence-electron chi connectivity index (χ2n) is 4.34. The van der Waals surface area contributed by atoms with Crippen molar-refractivity contribution in [3.8, 4) is 0 Å². The van der Waals surface area contributed by atoms with Crippen LogP contribution in [-0.2, 0) is 13.6 Å². The van der Waals surface area contributed by atoms with Crippen molar-refractivity contribution in [3.63, 3.8) is 0 Å². The van der Waals surface area contributed by atoms with Gasteiger partial charge in [0.1, 0.15) is 11.0 Å². The summed E-state index contributed by atoms with van der Waals surface area (Å²) in [6.45, 7) is 6.63. The molecule has 0 spiro atoms. The molecule has 0 bridgehead atoms. The Morgan fingerprint density at radius 2 is 2.31 bits per heavy atom. The van der Waals surface area contributed by atoms with Gasteiger partial charge in [-0.2, -0.15) is 11.8 Å². The number of imidazole rings is 1. The highest BCUT2D eigenvalue weighted by atomic mass is 35.5. The lowest BCUT2D eigenvalue weighted by Crippen LogP contribution is -2.44. The fraction of sp³-hybridized carbons (Fsp3) is 0.727. The van der Waals surface area contributed by atoms with Crippen LogP contribution in [0.3, 0.4) is 0 Å². The smallest absolute Gasteiger partial charge is 0.128 e. The normalized spacial score (nSPS) is 27.2. The van der Waals surface area contributed by atoms with E-state index in [-0.39, 0.29) is 0 Å². The Morgan fingerprint density at radius 3 is 2.94 bits per heavy atom. The molecular formula is C11H18ClN3S. The Balaban J connectivity index is 2.06. The van der Waals surface area contributed by atoms with E-state index in [1.165, 1.54) is 5.75 Å². The van der Waals surface area contributed by atoms with Crippen molar-refractivity contribution in [2.24, 2.45) is 7.05 Å². The first-order valence-electron chi connectivity index (χ1n) is 5.61. The first-order chi connectivity index (χ1) is 7.59. The van der Waals surface area contributed by atoms with Gasteiger partial charge < -0.3 is 4.57 Å². The van der Waals surface area contributed by atoms with Gasteiger partial charge in [0.25, 0.3) is 0 Å². The summed E-state index contributed by atoms with van der Waals surface area (Å²) < 4.78 is 1.96. The maximum Gasteiger partial charge on any atom is 0.128 e. The number of aromatic nitrogens is 2. The molecule has 0 saturated carbocycles. The van der Waals surface area contributed by atoms with Gasteiger partial charge in [0.2, 0.25) is 0 Å². The van der Waals surface area contributed by atoms with E-state index >= 15 is 0 Å². The molecule has 1 aromatic rings. The lowest BCUT2D eigenvalue weighted by atomic mass is 10.2. The zero-order valence-corrected chi connectivity index (χ0v) is 11.6. The SMILES string of the molecule is CC1SCCN(Cc2ncc(Cl)n2C)C1C. The number of thioether (sulfide) groups is 1. The molecule has 1 fully saturated rings. The molecule has 0 amide bonds. The van der Waals surface area contributed by atoms with E-state index in [9.17, 15) is 0 Å². The molecule has 90 valence electrons. The van der Waals surface area contributed by atoms with E-state index in [0.29, 0.717) is 16.4 Å². The van der Waals surface area contributed by atoms with Gasteiger partial charge in [-0.25, -0.2) is 4.98 Å². The lowest BCUT2D eigenvalue weighted by molar-refractivity contribution is 0.197. The van der Waals surface area contributed by atoms with Crippen LogP contribution in [0.4, 0.5) is 0 Å². The van der Waals surface area contributed by atoms with Crippen LogP contribution >= 0.6 is 23.4 Å². The quantitative estimate of drug-likeness (QED) is 0.814. The number of hydrogen-bond acceptors (Lipinski definition) is 3. The number of hydrogen-bond donors (Lipinski definition) is 0. The van der Waals surface area contributed by atoms with Crippen molar-refractivity contribution in [1.82, 2.24) is 14.5 Å². The molecule has 2 unspecified atom stereocenters. The molecule has 3 nitrogen and oxygen atoms in total. The Labute approximate surface area is 106 Å². The molecule has 0 radical (unpaired) electrons. The summed E-state index contributed by atoms with van der Waals surface area (Å²) in [7, 11) is 1.97. The zero-order valence-electron chi connectivity index (χ0n) is 9.98. The van der Waals surface area contributed by atoms with Crippen LogP contribution in [0.25, 0.3) is 0 Å². The highest BCUT2D eigenvalue weighted by Crippen LogP contribution is 2.25. The van der Waals surface area contributed by atoms with Crippen molar-refractivity contribution in [3.05, 3.63) is 17.2 Å². The number of rotatable bonds is 2. The van der Waals surface area contributed by atoms with Crippen LogP contribution in [0.15, 0.2) is 6.20 Å². The van der Waals surface area contributed by atoms with E-state index in [1.54, 1.807) is 6.20 Å². The predicted octanol–water partition coefficient (Wildman–Crippen LogP) is 2.40. The van der Waals surface area contributed by atoms with E-state index in [1.807, 2.05) is 11.6 Å². The Bertz CT molecular complexity index is 366. The van der Waals surface area contributed by atoms with Crippen molar-refractivity contribution in [1.29, 1.82) is 0 Å². The van der Waals surface area contributed by atoms with Gasteiger partial charge in [-0.15, -0.1) is 0 Å². The van der Waals surface area contributed by atoms with E-state index in [0.717, 1.165) is 18.9 Å². The summed E-state index contributed by atoms with van der Waals surface area (Å²) in [5.41, 5.74) is 0. The van der Waals surface area contributed by atoms with Crippen molar-refractivity contribution < 1.29 is 0 Å². The van der Waals surface area contributed by atoms with Gasteiger partial charge in [-0.05, 0) is 6.92 Å². The first kappa shape index (κ1) is 12.3. The van der Waals surface area contributed by atoms with Gasteiger partial charge in [-0.3, -0.25) is 4.90 Å². The van der Waals surface area contributed by atoms with Gasteiger partial charge in [0.05, 0.1) is 12.7 Å². The summed E-state index contributed by atoms with van der Waals surface area (Å²) in [4.78, 5) is 6.84. The summed E-state index contributed by atoms with van der Waals surface area (Å²) in [6.07, 6.45) is 1.73. The Hall–Kier alpha value is -0.190. The number of halogens is 1. The van der Waals surface area contributed by atoms with Crippen LogP contribution in [0.5, 0.6) is 0 Å². The third kappa shape index (κ3) is 2.39. The zero-order chi connectivity index (χ0) is 11.7. The average Bonchev–Trinajstić information content (AvgIpc) is 2.57. The fourth-order valence-corrected chi connectivity index (χ4v) is 3.28. The topological polar surface area (TPSA) is 21.1 Å². The fourth-order valence-electron chi connectivity index (χ4n) is 1.97. The minimum Gasteiger partial charge on any atom is -0.321 e. The molecule has 1 aromatic heterocycles. The van der Waals surface area contributed by atoms with Crippen LogP contribution in [0.2, 0.25) is 5.15 Å². The predicted molar refractivity (Wildman–Crippen MR) is 70.0 cm³/mol. The molecule has 1 aliphatic rings. The average molecular weight is 260 g/mol. The van der Waals surface area contributed by atoms with Gasteiger partial charge in [0.15, 0.2) is 0 Å². The van der Waals surface area contributed by atoms with Crippen molar-refractivity contribution in [2.75, 3.05) is 12.3 Å². The van der Waals surface area contributed by atoms with Crippen LogP contribution in [-0.4, -0.2) is 38.0 Å². The second-order valence-corrected chi connectivity index (χ2v) is 6.22. The molecule has 0 aromatic carbocycles. The molecule has 0 aliphatic carbocycles. The summed E-state index contributed by atoms with van der Waals surface area (Å²) in [6, 6.07) is 0.606. The number of nitrogens with zero attached hydrogens (tertiary/aromatic N) is 3. The molecule has 16 heavy (non-hydrogen) atoms. The maximum absolute atomic E-state index is 5.99. The minimum atomic E-state index is 0.606. The monoisotopic (exact) mass is 259 g/mol. The molecule has 2 atom stereocenters. The molecule has 2 rings (SSSR count). The van der Waals surface area contributed by atoms with Gasteiger partial charge in [0, 0.05) is 30.6 Å². The van der Waals surface area contributed by atoms with Crippen molar-refractivity contribution >= 4 is 23.4 Å². The van der Waals surface area contributed by atoms with E-state index in [4.69, 9.17) is 11.6 Å². The maximum atomic E-state index is 5.99. The molecule has 5 heteroatoms. The third-order valence-electron chi connectivity index (χ3n) is 3.39.